The highest BCUT2D eigenvalue weighted by Crippen LogP contribution is 2.42. The van der Waals surface area contributed by atoms with Gasteiger partial charge in [-0.15, -0.1) is 11.8 Å². The van der Waals surface area contributed by atoms with E-state index in [4.69, 9.17) is 15.2 Å². The first-order valence-electron chi connectivity index (χ1n) is 13.8. The SMILES string of the molecule is COC(NC(CO)c1ccc(SC)cc1)C(C)/C=C\C1=C(N)OCCN1C1=CC(C2CC2)NC(C2CC2)=C1. The Kier molecular flexibility index (Phi) is 8.73. The van der Waals surface area contributed by atoms with Gasteiger partial charge in [0.1, 0.15) is 18.5 Å². The van der Waals surface area contributed by atoms with Gasteiger partial charge in [-0.3, -0.25) is 5.32 Å². The third kappa shape index (κ3) is 6.42. The fourth-order valence-corrected chi connectivity index (χ4v) is 5.66. The molecule has 2 saturated carbocycles. The first-order valence-corrected chi connectivity index (χ1v) is 15.0. The van der Waals surface area contributed by atoms with Crippen LogP contribution in [-0.4, -0.2) is 55.4 Å². The molecule has 206 valence electrons. The van der Waals surface area contributed by atoms with Crippen LogP contribution in [-0.2, 0) is 9.47 Å². The lowest BCUT2D eigenvalue weighted by atomic mass is 10.0. The lowest BCUT2D eigenvalue weighted by molar-refractivity contribution is 0.0284. The number of ether oxygens (including phenoxy) is 2. The lowest BCUT2D eigenvalue weighted by Gasteiger charge is -2.35. The van der Waals surface area contributed by atoms with E-state index in [9.17, 15) is 5.11 Å². The van der Waals surface area contributed by atoms with E-state index in [-0.39, 0.29) is 24.8 Å². The topological polar surface area (TPSA) is 92.0 Å². The monoisotopic (exact) mass is 538 g/mol. The molecule has 0 saturated heterocycles. The van der Waals surface area contributed by atoms with Crippen LogP contribution in [0.1, 0.15) is 44.2 Å². The minimum absolute atomic E-state index is 0.0161. The van der Waals surface area contributed by atoms with Gasteiger partial charge in [-0.2, -0.15) is 0 Å². The molecule has 2 heterocycles. The summed E-state index contributed by atoms with van der Waals surface area (Å²) < 4.78 is 11.6. The Balaban J connectivity index is 1.31. The van der Waals surface area contributed by atoms with Crippen LogP contribution < -0.4 is 16.4 Å². The van der Waals surface area contributed by atoms with Crippen molar-refractivity contribution >= 4 is 11.8 Å². The molecule has 2 fully saturated rings. The highest BCUT2D eigenvalue weighted by molar-refractivity contribution is 7.98. The average molecular weight is 539 g/mol. The molecule has 1 aromatic rings. The number of rotatable bonds is 12. The van der Waals surface area contributed by atoms with Crippen LogP contribution in [0.2, 0.25) is 0 Å². The maximum absolute atomic E-state index is 10.1. The van der Waals surface area contributed by atoms with Crippen LogP contribution in [0.5, 0.6) is 0 Å². The zero-order valence-corrected chi connectivity index (χ0v) is 23.5. The largest absolute Gasteiger partial charge is 0.476 e. The summed E-state index contributed by atoms with van der Waals surface area (Å²) in [7, 11) is 1.69. The standard InChI is InChI=1S/C30H42N4O3S/c1-19(30(36-2)33-27(18-35)22-9-11-24(38-3)12-10-22)4-13-28-29(31)37-15-14-34(28)23-16-25(20-5-6-20)32-26(17-23)21-7-8-21/h4,9-13,16-17,19-21,25,27,30,32-33,35H,5-8,14-15,18,31H2,1-3H3/b13-4-. The van der Waals surface area contributed by atoms with Crippen LogP contribution in [0.25, 0.3) is 0 Å². The summed E-state index contributed by atoms with van der Waals surface area (Å²) in [5, 5.41) is 17.4. The van der Waals surface area contributed by atoms with Crippen molar-refractivity contribution in [3.8, 4) is 0 Å². The quantitative estimate of drug-likeness (QED) is 0.232. The van der Waals surface area contributed by atoms with Gasteiger partial charge in [0.2, 0.25) is 5.88 Å². The van der Waals surface area contributed by atoms with Crippen LogP contribution in [0.15, 0.2) is 76.4 Å². The summed E-state index contributed by atoms with van der Waals surface area (Å²) in [6, 6.07) is 8.45. The molecule has 0 radical (unpaired) electrons. The van der Waals surface area contributed by atoms with Crippen molar-refractivity contribution in [2.24, 2.45) is 23.5 Å². The van der Waals surface area contributed by atoms with Gasteiger partial charge in [-0.05, 0) is 79.7 Å². The van der Waals surface area contributed by atoms with E-state index in [0.717, 1.165) is 23.7 Å². The van der Waals surface area contributed by atoms with Crippen molar-refractivity contribution in [2.75, 3.05) is 33.1 Å². The zero-order valence-electron chi connectivity index (χ0n) is 22.7. The van der Waals surface area contributed by atoms with E-state index in [1.54, 1.807) is 18.9 Å². The smallest absolute Gasteiger partial charge is 0.208 e. The number of methoxy groups -OCH3 is 1. The molecule has 4 atom stereocenters. The number of aliphatic hydroxyl groups is 1. The minimum atomic E-state index is -0.290. The number of nitrogens with zero attached hydrogens (tertiary/aromatic N) is 1. The van der Waals surface area contributed by atoms with Crippen molar-refractivity contribution in [3.63, 3.8) is 0 Å². The van der Waals surface area contributed by atoms with Gasteiger partial charge in [-0.25, -0.2) is 0 Å². The molecule has 5 N–H and O–H groups in total. The number of nitrogens with two attached hydrogens (primary N) is 1. The Hall–Kier alpha value is -2.39. The summed E-state index contributed by atoms with van der Waals surface area (Å²) in [6.07, 6.45) is 15.8. The van der Waals surface area contributed by atoms with Crippen molar-refractivity contribution in [3.05, 3.63) is 77.1 Å². The first kappa shape index (κ1) is 27.2. The minimum Gasteiger partial charge on any atom is -0.476 e. The van der Waals surface area contributed by atoms with Crippen molar-refractivity contribution in [1.29, 1.82) is 0 Å². The number of aliphatic hydroxyl groups excluding tert-OH is 1. The third-order valence-corrected chi connectivity index (χ3v) is 8.66. The molecule has 38 heavy (non-hydrogen) atoms. The highest BCUT2D eigenvalue weighted by atomic mass is 32.2. The molecule has 0 bridgehead atoms. The van der Waals surface area contributed by atoms with E-state index < -0.39 is 0 Å². The maximum Gasteiger partial charge on any atom is 0.208 e. The van der Waals surface area contributed by atoms with Gasteiger partial charge in [-0.1, -0.05) is 25.1 Å². The van der Waals surface area contributed by atoms with Gasteiger partial charge < -0.3 is 30.5 Å². The van der Waals surface area contributed by atoms with Crippen LogP contribution >= 0.6 is 11.8 Å². The molecule has 1 aromatic carbocycles. The van der Waals surface area contributed by atoms with Gasteiger partial charge >= 0.3 is 0 Å². The second kappa shape index (κ2) is 12.2. The van der Waals surface area contributed by atoms with Crippen molar-refractivity contribution in [1.82, 2.24) is 15.5 Å². The van der Waals surface area contributed by atoms with Gasteiger partial charge in [0.25, 0.3) is 0 Å². The number of dihydropyridines is 1. The molecule has 7 nitrogen and oxygen atoms in total. The van der Waals surface area contributed by atoms with E-state index in [1.807, 2.05) is 0 Å². The lowest BCUT2D eigenvalue weighted by Crippen LogP contribution is -2.40. The molecule has 2 aliphatic heterocycles. The summed E-state index contributed by atoms with van der Waals surface area (Å²) >= 11 is 1.70. The Morgan fingerprint density at radius 2 is 2.03 bits per heavy atom. The second-order valence-electron chi connectivity index (χ2n) is 10.8. The van der Waals surface area contributed by atoms with E-state index in [2.05, 4.69) is 77.3 Å². The zero-order chi connectivity index (χ0) is 26.6. The maximum atomic E-state index is 10.1. The molecule has 0 aromatic heterocycles. The fourth-order valence-electron chi connectivity index (χ4n) is 5.26. The number of benzene rings is 1. The van der Waals surface area contributed by atoms with Crippen LogP contribution in [0.3, 0.4) is 0 Å². The van der Waals surface area contributed by atoms with Gasteiger partial charge in [0.15, 0.2) is 0 Å². The van der Waals surface area contributed by atoms with Crippen LogP contribution in [0.4, 0.5) is 0 Å². The number of hydrogen-bond acceptors (Lipinski definition) is 8. The van der Waals surface area contributed by atoms with E-state index >= 15 is 0 Å². The number of nitrogens with one attached hydrogen (secondary N) is 2. The Morgan fingerprint density at radius 1 is 1.26 bits per heavy atom. The Bertz CT molecular complexity index is 1090. The molecular formula is C30H42N4O3S. The van der Waals surface area contributed by atoms with Crippen LogP contribution in [0, 0.1) is 17.8 Å². The molecular weight excluding hydrogens is 496 g/mol. The predicted molar refractivity (Wildman–Crippen MR) is 153 cm³/mol. The molecule has 2 aliphatic carbocycles. The second-order valence-corrected chi connectivity index (χ2v) is 11.7. The third-order valence-electron chi connectivity index (χ3n) is 7.92. The Morgan fingerprint density at radius 3 is 2.66 bits per heavy atom. The Labute approximate surface area is 231 Å². The van der Waals surface area contributed by atoms with Crippen molar-refractivity contribution in [2.45, 2.75) is 55.8 Å². The normalized spacial score (nSPS) is 24.4. The van der Waals surface area contributed by atoms with Gasteiger partial charge in [0.05, 0.1) is 19.2 Å². The van der Waals surface area contributed by atoms with Gasteiger partial charge in [0, 0.05) is 35.4 Å². The number of allylic oxidation sites excluding steroid dienone is 3. The first-order chi connectivity index (χ1) is 18.5. The predicted octanol–water partition coefficient (Wildman–Crippen LogP) is 4.22. The molecule has 0 spiro atoms. The summed E-state index contributed by atoms with van der Waals surface area (Å²) in [4.78, 5) is 3.50. The highest BCUT2D eigenvalue weighted by Gasteiger charge is 2.37. The van der Waals surface area contributed by atoms with E-state index in [0.29, 0.717) is 24.4 Å². The summed E-state index contributed by atoms with van der Waals surface area (Å²) in [6.45, 7) is 3.41. The number of hydrogen-bond donors (Lipinski definition) is 4. The molecule has 4 unspecified atom stereocenters. The molecule has 5 rings (SSSR count). The fraction of sp³-hybridized carbons (Fsp3) is 0.533. The molecule has 4 aliphatic rings. The molecule has 8 heteroatoms. The molecule has 0 amide bonds. The number of thioether (sulfide) groups is 1. The average Bonchev–Trinajstić information content (AvgIpc) is 3.86. The van der Waals surface area contributed by atoms with E-state index in [1.165, 1.54) is 42.0 Å². The summed E-state index contributed by atoms with van der Waals surface area (Å²) in [5.41, 5.74) is 10.9. The van der Waals surface area contributed by atoms with Crippen molar-refractivity contribution < 1.29 is 14.6 Å². The summed E-state index contributed by atoms with van der Waals surface area (Å²) in [5.74, 6) is 1.87.